The summed E-state index contributed by atoms with van der Waals surface area (Å²) in [5, 5.41) is 0.744. The van der Waals surface area contributed by atoms with Gasteiger partial charge in [-0.15, -0.1) is 11.3 Å². The summed E-state index contributed by atoms with van der Waals surface area (Å²) < 4.78 is 13.4. The van der Waals surface area contributed by atoms with Crippen LogP contribution in [-0.2, 0) is 6.42 Å². The van der Waals surface area contributed by atoms with Gasteiger partial charge in [-0.3, -0.25) is 4.79 Å². The minimum atomic E-state index is -0.470. The highest BCUT2D eigenvalue weighted by atomic mass is 32.1. The van der Waals surface area contributed by atoms with E-state index in [1.54, 1.807) is 12.1 Å². The van der Waals surface area contributed by atoms with Crippen LogP contribution in [-0.4, -0.2) is 10.8 Å². The van der Waals surface area contributed by atoms with Crippen LogP contribution in [0.1, 0.15) is 25.9 Å². The Labute approximate surface area is 103 Å². The Morgan fingerprint density at radius 3 is 2.65 bits per heavy atom. The summed E-state index contributed by atoms with van der Waals surface area (Å²) in [5.41, 5.74) is 1.07. The molecule has 0 radical (unpaired) electrons. The Balaban J connectivity index is 2.20. The van der Waals surface area contributed by atoms with Crippen LogP contribution >= 0.6 is 11.3 Å². The first kappa shape index (κ1) is 11.9. The summed E-state index contributed by atoms with van der Waals surface area (Å²) in [4.78, 5) is 17.3. The molecule has 0 fully saturated rings. The molecule has 0 aliphatic rings. The van der Waals surface area contributed by atoms with Gasteiger partial charge < -0.3 is 0 Å². The van der Waals surface area contributed by atoms with Gasteiger partial charge in [0, 0.05) is 4.88 Å². The summed E-state index contributed by atoms with van der Waals surface area (Å²) in [7, 11) is 0. The number of carbonyl (C=O) groups excluding carboxylic acids is 1. The van der Waals surface area contributed by atoms with Gasteiger partial charge in [-0.1, -0.05) is 12.1 Å². The van der Waals surface area contributed by atoms with E-state index in [4.69, 9.17) is 0 Å². The molecular weight excluding hydrogens is 237 g/mol. The molecule has 4 heteroatoms. The van der Waals surface area contributed by atoms with E-state index in [1.807, 2.05) is 13.8 Å². The van der Waals surface area contributed by atoms with Crippen LogP contribution in [0.4, 0.5) is 4.39 Å². The van der Waals surface area contributed by atoms with E-state index in [0.717, 1.165) is 15.6 Å². The fourth-order valence-corrected chi connectivity index (χ4v) is 2.47. The average molecular weight is 249 g/mol. The van der Waals surface area contributed by atoms with Crippen LogP contribution in [0.5, 0.6) is 0 Å². The Kier molecular flexibility index (Phi) is 3.33. The van der Waals surface area contributed by atoms with Gasteiger partial charge in [-0.05, 0) is 26.0 Å². The number of hydrogen-bond acceptors (Lipinski definition) is 3. The SMILES string of the molecule is Cc1nc(CC(=O)c2ccccc2F)sc1C. The van der Waals surface area contributed by atoms with Crippen LogP contribution in [0.25, 0.3) is 0 Å². The van der Waals surface area contributed by atoms with E-state index >= 15 is 0 Å². The van der Waals surface area contributed by atoms with Crippen LogP contribution in [0.3, 0.4) is 0 Å². The molecule has 0 unspecified atom stereocenters. The van der Waals surface area contributed by atoms with E-state index < -0.39 is 5.82 Å². The second-order valence-corrected chi connectivity index (χ2v) is 5.12. The van der Waals surface area contributed by atoms with Gasteiger partial charge in [0.1, 0.15) is 10.8 Å². The molecule has 0 saturated carbocycles. The monoisotopic (exact) mass is 249 g/mol. The fraction of sp³-hybridized carbons (Fsp3) is 0.231. The molecule has 0 N–H and O–H groups in total. The first-order chi connectivity index (χ1) is 8.08. The molecule has 1 heterocycles. The lowest BCUT2D eigenvalue weighted by molar-refractivity contribution is 0.0989. The lowest BCUT2D eigenvalue weighted by atomic mass is 10.1. The Hall–Kier alpha value is -1.55. The quantitative estimate of drug-likeness (QED) is 0.781. The molecule has 2 nitrogen and oxygen atoms in total. The van der Waals surface area contributed by atoms with Crippen LogP contribution < -0.4 is 0 Å². The molecule has 0 spiro atoms. The number of hydrogen-bond donors (Lipinski definition) is 0. The molecule has 0 bridgehead atoms. The number of aryl methyl sites for hydroxylation is 2. The maximum Gasteiger partial charge on any atom is 0.172 e. The maximum atomic E-state index is 13.4. The van der Waals surface area contributed by atoms with Gasteiger partial charge in [-0.25, -0.2) is 9.37 Å². The molecule has 2 rings (SSSR count). The van der Waals surface area contributed by atoms with E-state index in [0.29, 0.717) is 0 Å². The number of Topliss-reactive ketones (excluding diaryl/α,β-unsaturated/α-hetero) is 1. The van der Waals surface area contributed by atoms with Crippen molar-refractivity contribution in [2.45, 2.75) is 20.3 Å². The fourth-order valence-electron chi connectivity index (χ4n) is 1.53. The Bertz CT molecular complexity index is 543. The predicted octanol–water partition coefficient (Wildman–Crippen LogP) is 3.32. The van der Waals surface area contributed by atoms with Crippen molar-refractivity contribution >= 4 is 17.1 Å². The van der Waals surface area contributed by atoms with Gasteiger partial charge in [-0.2, -0.15) is 0 Å². The minimum Gasteiger partial charge on any atom is -0.294 e. The Morgan fingerprint density at radius 1 is 1.35 bits per heavy atom. The smallest absolute Gasteiger partial charge is 0.172 e. The number of rotatable bonds is 3. The van der Waals surface area contributed by atoms with Gasteiger partial charge in [0.2, 0.25) is 0 Å². The standard InChI is InChI=1S/C13H12FNOS/c1-8-9(2)17-13(15-8)7-12(16)10-5-3-4-6-11(10)14/h3-6H,7H2,1-2H3. The van der Waals surface area contributed by atoms with E-state index in [-0.39, 0.29) is 17.8 Å². The zero-order valence-electron chi connectivity index (χ0n) is 9.66. The molecule has 0 aliphatic carbocycles. The lowest BCUT2D eigenvalue weighted by Crippen LogP contribution is -2.05. The number of halogens is 1. The number of nitrogens with zero attached hydrogens (tertiary/aromatic N) is 1. The van der Waals surface area contributed by atoms with E-state index in [2.05, 4.69) is 4.98 Å². The third kappa shape index (κ3) is 2.58. The molecule has 0 amide bonds. The zero-order valence-corrected chi connectivity index (χ0v) is 10.5. The van der Waals surface area contributed by atoms with E-state index in [9.17, 15) is 9.18 Å². The first-order valence-electron chi connectivity index (χ1n) is 5.28. The molecule has 1 aromatic heterocycles. The largest absolute Gasteiger partial charge is 0.294 e. The van der Waals surface area contributed by atoms with Gasteiger partial charge >= 0.3 is 0 Å². The predicted molar refractivity (Wildman–Crippen MR) is 66.0 cm³/mol. The highest BCUT2D eigenvalue weighted by Gasteiger charge is 2.14. The van der Waals surface area contributed by atoms with Gasteiger partial charge in [0.15, 0.2) is 5.78 Å². The maximum absolute atomic E-state index is 13.4. The summed E-state index contributed by atoms with van der Waals surface area (Å²) in [6.07, 6.45) is 0.167. The highest BCUT2D eigenvalue weighted by Crippen LogP contribution is 2.19. The van der Waals surface area contributed by atoms with Crippen LogP contribution in [0, 0.1) is 19.7 Å². The lowest BCUT2D eigenvalue weighted by Gasteiger charge is -1.99. The third-order valence-electron chi connectivity index (χ3n) is 2.56. The summed E-state index contributed by atoms with van der Waals surface area (Å²) in [6, 6.07) is 6.04. The molecule has 17 heavy (non-hydrogen) atoms. The first-order valence-corrected chi connectivity index (χ1v) is 6.10. The zero-order chi connectivity index (χ0) is 12.4. The van der Waals surface area contributed by atoms with Crippen molar-refractivity contribution in [3.05, 3.63) is 51.2 Å². The van der Waals surface area contributed by atoms with Gasteiger partial charge in [0.05, 0.1) is 17.7 Å². The van der Waals surface area contributed by atoms with Crippen molar-refractivity contribution in [1.29, 1.82) is 0 Å². The molecule has 0 saturated heterocycles. The summed E-state index contributed by atoms with van der Waals surface area (Å²) in [5.74, 6) is -0.695. The molecule has 1 aromatic carbocycles. The third-order valence-corrected chi connectivity index (χ3v) is 3.63. The second-order valence-electron chi connectivity index (χ2n) is 3.83. The average Bonchev–Trinajstić information content (AvgIpc) is 2.58. The van der Waals surface area contributed by atoms with Crippen molar-refractivity contribution < 1.29 is 9.18 Å². The number of carbonyl (C=O) groups is 1. The topological polar surface area (TPSA) is 30.0 Å². The second kappa shape index (κ2) is 4.75. The van der Waals surface area contributed by atoms with Crippen molar-refractivity contribution in [2.24, 2.45) is 0 Å². The van der Waals surface area contributed by atoms with Crippen molar-refractivity contribution in [3.8, 4) is 0 Å². The van der Waals surface area contributed by atoms with Crippen LogP contribution in [0.15, 0.2) is 24.3 Å². The highest BCUT2D eigenvalue weighted by molar-refractivity contribution is 7.11. The number of aromatic nitrogens is 1. The normalized spacial score (nSPS) is 10.5. The minimum absolute atomic E-state index is 0.137. The van der Waals surface area contributed by atoms with Crippen molar-refractivity contribution in [1.82, 2.24) is 4.98 Å². The number of ketones is 1. The van der Waals surface area contributed by atoms with Gasteiger partial charge in [0.25, 0.3) is 0 Å². The summed E-state index contributed by atoms with van der Waals surface area (Å²) >= 11 is 1.49. The molecule has 2 aromatic rings. The summed E-state index contributed by atoms with van der Waals surface area (Å²) in [6.45, 7) is 3.87. The number of thiazole rings is 1. The molecule has 0 atom stereocenters. The molecule has 0 aliphatic heterocycles. The van der Waals surface area contributed by atoms with Crippen molar-refractivity contribution in [2.75, 3.05) is 0 Å². The number of benzene rings is 1. The molecule has 88 valence electrons. The molecular formula is C13H12FNOS. The van der Waals surface area contributed by atoms with Crippen LogP contribution in [0.2, 0.25) is 0 Å². The van der Waals surface area contributed by atoms with Crippen molar-refractivity contribution in [3.63, 3.8) is 0 Å². The Morgan fingerprint density at radius 2 is 2.06 bits per heavy atom. The van der Waals surface area contributed by atoms with E-state index in [1.165, 1.54) is 23.5 Å².